The predicted octanol–water partition coefficient (Wildman–Crippen LogP) is 3.08. The molecule has 108 valence electrons. The normalized spacial score (nSPS) is 10.6. The summed E-state index contributed by atoms with van der Waals surface area (Å²) in [7, 11) is 1.53. The van der Waals surface area contributed by atoms with Crippen LogP contribution in [-0.4, -0.2) is 19.2 Å². The van der Waals surface area contributed by atoms with E-state index in [9.17, 15) is 4.79 Å². The predicted molar refractivity (Wildman–Crippen MR) is 84.0 cm³/mol. The molecule has 4 heteroatoms. The maximum absolute atomic E-state index is 12.0. The molecule has 0 aliphatic carbocycles. The van der Waals surface area contributed by atoms with Crippen molar-refractivity contribution in [2.45, 2.75) is 13.8 Å². The SMILES string of the molecule is COc1ccccc1C(=O)N/N=C/c1ccc(C)cc1C. The molecular formula is C17H18N2O2. The maximum atomic E-state index is 12.0. The van der Waals surface area contributed by atoms with E-state index in [1.165, 1.54) is 12.7 Å². The molecule has 2 rings (SSSR count). The third-order valence-electron chi connectivity index (χ3n) is 3.15. The van der Waals surface area contributed by atoms with Gasteiger partial charge in [0.2, 0.25) is 0 Å². The highest BCUT2D eigenvalue weighted by Gasteiger charge is 2.09. The summed E-state index contributed by atoms with van der Waals surface area (Å²) in [5.74, 6) is 0.227. The van der Waals surface area contributed by atoms with Gasteiger partial charge < -0.3 is 4.74 Å². The van der Waals surface area contributed by atoms with Crippen LogP contribution in [0.2, 0.25) is 0 Å². The Kier molecular flexibility index (Phi) is 4.72. The molecule has 0 fully saturated rings. The number of benzene rings is 2. The highest BCUT2D eigenvalue weighted by Crippen LogP contribution is 2.16. The van der Waals surface area contributed by atoms with Crippen LogP contribution in [0.5, 0.6) is 5.75 Å². The van der Waals surface area contributed by atoms with E-state index >= 15 is 0 Å². The minimum absolute atomic E-state index is 0.298. The number of carbonyl (C=O) groups excluding carboxylic acids is 1. The number of amides is 1. The van der Waals surface area contributed by atoms with Gasteiger partial charge in [0.25, 0.3) is 5.91 Å². The average molecular weight is 282 g/mol. The number of nitrogens with zero attached hydrogens (tertiary/aromatic N) is 1. The van der Waals surface area contributed by atoms with E-state index < -0.39 is 0 Å². The monoisotopic (exact) mass is 282 g/mol. The number of rotatable bonds is 4. The van der Waals surface area contributed by atoms with E-state index in [2.05, 4.69) is 16.6 Å². The summed E-state index contributed by atoms with van der Waals surface area (Å²) in [6.07, 6.45) is 1.64. The van der Waals surface area contributed by atoms with Crippen molar-refractivity contribution in [2.24, 2.45) is 5.10 Å². The lowest BCUT2D eigenvalue weighted by atomic mass is 10.1. The Bertz CT molecular complexity index is 678. The lowest BCUT2D eigenvalue weighted by molar-refractivity contribution is 0.0952. The zero-order valence-corrected chi connectivity index (χ0v) is 12.4. The summed E-state index contributed by atoms with van der Waals surface area (Å²) in [6, 6.07) is 13.1. The van der Waals surface area contributed by atoms with Crippen LogP contribution in [0, 0.1) is 13.8 Å². The number of ether oxygens (including phenoxy) is 1. The fourth-order valence-corrected chi connectivity index (χ4v) is 2.02. The third kappa shape index (κ3) is 3.69. The first-order valence-corrected chi connectivity index (χ1v) is 6.65. The fourth-order valence-electron chi connectivity index (χ4n) is 2.02. The highest BCUT2D eigenvalue weighted by molar-refractivity contribution is 5.97. The molecule has 4 nitrogen and oxygen atoms in total. The number of hydrazone groups is 1. The summed E-state index contributed by atoms with van der Waals surface area (Å²) < 4.78 is 5.15. The van der Waals surface area contributed by atoms with E-state index in [0.717, 1.165) is 11.1 Å². The van der Waals surface area contributed by atoms with Gasteiger partial charge in [0.05, 0.1) is 18.9 Å². The number of para-hydroxylation sites is 1. The molecule has 2 aromatic carbocycles. The molecule has 0 atom stereocenters. The van der Waals surface area contributed by atoms with Crippen molar-refractivity contribution in [2.75, 3.05) is 7.11 Å². The van der Waals surface area contributed by atoms with Gasteiger partial charge in [-0.3, -0.25) is 4.79 Å². The lowest BCUT2D eigenvalue weighted by Gasteiger charge is -2.06. The van der Waals surface area contributed by atoms with Crippen LogP contribution in [0.4, 0.5) is 0 Å². The Labute approximate surface area is 124 Å². The van der Waals surface area contributed by atoms with Gasteiger partial charge in [-0.2, -0.15) is 5.10 Å². The molecule has 0 radical (unpaired) electrons. The van der Waals surface area contributed by atoms with Gasteiger partial charge in [0, 0.05) is 0 Å². The summed E-state index contributed by atoms with van der Waals surface area (Å²) in [5, 5.41) is 4.00. The summed E-state index contributed by atoms with van der Waals surface area (Å²) in [5.41, 5.74) is 6.26. The molecule has 1 N–H and O–H groups in total. The molecule has 21 heavy (non-hydrogen) atoms. The summed E-state index contributed by atoms with van der Waals surface area (Å²) >= 11 is 0. The van der Waals surface area contributed by atoms with Gasteiger partial charge in [-0.1, -0.05) is 35.9 Å². The molecule has 0 aliphatic rings. The van der Waals surface area contributed by atoms with Gasteiger partial charge in [-0.25, -0.2) is 5.43 Å². The second kappa shape index (κ2) is 6.70. The quantitative estimate of drug-likeness (QED) is 0.692. The van der Waals surface area contributed by atoms with Crippen molar-refractivity contribution in [3.05, 3.63) is 64.7 Å². The topological polar surface area (TPSA) is 50.7 Å². The number of carbonyl (C=O) groups is 1. The molecule has 0 unspecified atom stereocenters. The molecule has 0 saturated heterocycles. The van der Waals surface area contributed by atoms with Crippen molar-refractivity contribution in [3.63, 3.8) is 0 Å². The largest absolute Gasteiger partial charge is 0.496 e. The zero-order valence-electron chi connectivity index (χ0n) is 12.4. The minimum Gasteiger partial charge on any atom is -0.496 e. The number of nitrogens with one attached hydrogen (secondary N) is 1. The minimum atomic E-state index is -0.298. The van der Waals surface area contributed by atoms with Gasteiger partial charge >= 0.3 is 0 Å². The van der Waals surface area contributed by atoms with Crippen molar-refractivity contribution in [3.8, 4) is 5.75 Å². The van der Waals surface area contributed by atoms with Crippen LogP contribution < -0.4 is 10.2 Å². The zero-order chi connectivity index (χ0) is 15.2. The second-order valence-electron chi connectivity index (χ2n) is 4.76. The number of hydrogen-bond donors (Lipinski definition) is 1. The van der Waals surface area contributed by atoms with Crippen LogP contribution in [0.1, 0.15) is 27.0 Å². The molecular weight excluding hydrogens is 264 g/mol. The first-order chi connectivity index (χ1) is 10.1. The molecule has 0 heterocycles. The van der Waals surface area contributed by atoms with E-state index in [4.69, 9.17) is 4.74 Å². The van der Waals surface area contributed by atoms with Gasteiger partial charge in [0.1, 0.15) is 5.75 Å². The van der Waals surface area contributed by atoms with E-state index in [0.29, 0.717) is 11.3 Å². The number of hydrogen-bond acceptors (Lipinski definition) is 3. The smallest absolute Gasteiger partial charge is 0.275 e. The molecule has 0 saturated carbocycles. The average Bonchev–Trinajstić information content (AvgIpc) is 2.49. The Morgan fingerprint density at radius 3 is 2.67 bits per heavy atom. The molecule has 1 amide bonds. The van der Waals surface area contributed by atoms with E-state index in [1.807, 2.05) is 32.0 Å². The van der Waals surface area contributed by atoms with Crippen molar-refractivity contribution in [1.82, 2.24) is 5.43 Å². The maximum Gasteiger partial charge on any atom is 0.275 e. The first kappa shape index (κ1) is 14.8. The Balaban J connectivity index is 2.08. The molecule has 2 aromatic rings. The van der Waals surface area contributed by atoms with Crippen LogP contribution in [-0.2, 0) is 0 Å². The standard InChI is InChI=1S/C17H18N2O2/c1-12-8-9-14(13(2)10-12)11-18-19-17(20)15-6-4-5-7-16(15)21-3/h4-11H,1-3H3,(H,19,20)/b18-11+. The number of aryl methyl sites for hydroxylation is 2. The van der Waals surface area contributed by atoms with Gasteiger partial charge in [-0.15, -0.1) is 0 Å². The molecule has 0 bridgehead atoms. The second-order valence-corrected chi connectivity index (χ2v) is 4.76. The molecule has 0 aromatic heterocycles. The van der Waals surface area contributed by atoms with Crippen molar-refractivity contribution < 1.29 is 9.53 Å². The fraction of sp³-hybridized carbons (Fsp3) is 0.176. The van der Waals surface area contributed by atoms with E-state index in [1.54, 1.807) is 24.4 Å². The van der Waals surface area contributed by atoms with Crippen LogP contribution in [0.25, 0.3) is 0 Å². The van der Waals surface area contributed by atoms with Gasteiger partial charge in [0.15, 0.2) is 0 Å². The van der Waals surface area contributed by atoms with Crippen molar-refractivity contribution >= 4 is 12.1 Å². The van der Waals surface area contributed by atoms with E-state index in [-0.39, 0.29) is 5.91 Å². The summed E-state index contributed by atoms with van der Waals surface area (Å²) in [6.45, 7) is 4.05. The molecule has 0 spiro atoms. The van der Waals surface area contributed by atoms with Crippen LogP contribution >= 0.6 is 0 Å². The van der Waals surface area contributed by atoms with Crippen LogP contribution in [0.3, 0.4) is 0 Å². The molecule has 0 aliphatic heterocycles. The Morgan fingerprint density at radius 2 is 1.95 bits per heavy atom. The summed E-state index contributed by atoms with van der Waals surface area (Å²) in [4.78, 5) is 12.0. The Hall–Kier alpha value is -2.62. The van der Waals surface area contributed by atoms with Gasteiger partial charge in [-0.05, 0) is 37.1 Å². The van der Waals surface area contributed by atoms with Crippen LogP contribution in [0.15, 0.2) is 47.6 Å². The lowest BCUT2D eigenvalue weighted by Crippen LogP contribution is -2.18. The third-order valence-corrected chi connectivity index (χ3v) is 3.15. The first-order valence-electron chi connectivity index (χ1n) is 6.65. The van der Waals surface area contributed by atoms with Crippen molar-refractivity contribution in [1.29, 1.82) is 0 Å². The number of methoxy groups -OCH3 is 1. The Morgan fingerprint density at radius 1 is 1.19 bits per heavy atom. The highest BCUT2D eigenvalue weighted by atomic mass is 16.5.